The molecule has 1 aliphatic heterocycles. The maximum absolute atomic E-state index is 11.9. The summed E-state index contributed by atoms with van der Waals surface area (Å²) in [5, 5.41) is 2.86. The van der Waals surface area contributed by atoms with Crippen LogP contribution in [0, 0.1) is 5.92 Å². The van der Waals surface area contributed by atoms with Gasteiger partial charge >= 0.3 is 6.03 Å². The highest BCUT2D eigenvalue weighted by Gasteiger charge is 2.23. The largest absolute Gasteiger partial charge is 0.324 e. The molecule has 2 rings (SSSR count). The lowest BCUT2D eigenvalue weighted by Gasteiger charge is -2.16. The smallest absolute Gasteiger partial charge is 0.323 e. The van der Waals surface area contributed by atoms with Crippen molar-refractivity contribution in [1.29, 1.82) is 0 Å². The fraction of sp³-hybridized carbons (Fsp3) is 0.538. The first-order valence-corrected chi connectivity index (χ1v) is 6.20. The molecule has 0 bridgehead atoms. The molecule has 1 aliphatic rings. The summed E-state index contributed by atoms with van der Waals surface area (Å²) >= 11 is 0. The Morgan fingerprint density at radius 2 is 2.47 bits per heavy atom. The van der Waals surface area contributed by atoms with Crippen molar-refractivity contribution in [2.45, 2.75) is 26.7 Å². The number of pyridine rings is 1. The van der Waals surface area contributed by atoms with Crippen molar-refractivity contribution in [3.8, 4) is 0 Å². The van der Waals surface area contributed by atoms with Gasteiger partial charge in [0.1, 0.15) is 5.82 Å². The number of aryl methyl sites for hydroxylation is 1. The highest BCUT2D eigenvalue weighted by atomic mass is 16.2. The lowest BCUT2D eigenvalue weighted by Crippen LogP contribution is -2.33. The zero-order valence-electron chi connectivity index (χ0n) is 10.4. The van der Waals surface area contributed by atoms with Crippen LogP contribution in [0.25, 0.3) is 0 Å². The zero-order chi connectivity index (χ0) is 12.3. The Morgan fingerprint density at radius 3 is 3.12 bits per heavy atom. The van der Waals surface area contributed by atoms with Gasteiger partial charge in [0, 0.05) is 19.3 Å². The maximum Gasteiger partial charge on any atom is 0.323 e. The molecular weight excluding hydrogens is 214 g/mol. The number of carbonyl (C=O) groups excluding carboxylic acids is 1. The lowest BCUT2D eigenvalue weighted by molar-refractivity contribution is 0.221. The molecule has 1 saturated heterocycles. The summed E-state index contributed by atoms with van der Waals surface area (Å²) in [6, 6.07) is 3.86. The summed E-state index contributed by atoms with van der Waals surface area (Å²) in [5.74, 6) is 1.25. The van der Waals surface area contributed by atoms with E-state index in [1.165, 1.54) is 5.56 Å². The molecule has 1 N–H and O–H groups in total. The van der Waals surface area contributed by atoms with Crippen LogP contribution < -0.4 is 5.32 Å². The van der Waals surface area contributed by atoms with Crippen LogP contribution in [0.3, 0.4) is 0 Å². The minimum atomic E-state index is -0.0323. The molecule has 0 spiro atoms. The third-order valence-corrected chi connectivity index (χ3v) is 3.18. The molecular formula is C13H19N3O. The number of carbonyl (C=O) groups is 1. The van der Waals surface area contributed by atoms with Gasteiger partial charge < -0.3 is 4.90 Å². The van der Waals surface area contributed by atoms with E-state index in [0.717, 1.165) is 25.9 Å². The SMILES string of the molecule is CCc1ccnc(NC(=O)N2CCC(C)C2)c1. The molecule has 0 radical (unpaired) electrons. The van der Waals surface area contributed by atoms with Gasteiger partial charge in [-0.2, -0.15) is 0 Å². The first kappa shape index (κ1) is 11.9. The van der Waals surface area contributed by atoms with Gasteiger partial charge in [-0.3, -0.25) is 5.32 Å². The Bertz CT molecular complexity index is 405. The molecule has 1 aromatic heterocycles. The second-order valence-electron chi connectivity index (χ2n) is 4.67. The summed E-state index contributed by atoms with van der Waals surface area (Å²) in [5.41, 5.74) is 1.19. The summed E-state index contributed by atoms with van der Waals surface area (Å²) in [6.07, 6.45) is 3.78. The summed E-state index contributed by atoms with van der Waals surface area (Å²) in [7, 11) is 0. The van der Waals surface area contributed by atoms with E-state index >= 15 is 0 Å². The van der Waals surface area contributed by atoms with E-state index in [1.54, 1.807) is 6.20 Å². The number of anilines is 1. The van der Waals surface area contributed by atoms with Crippen molar-refractivity contribution in [3.05, 3.63) is 23.9 Å². The molecule has 0 aliphatic carbocycles. The zero-order valence-corrected chi connectivity index (χ0v) is 10.4. The molecule has 17 heavy (non-hydrogen) atoms. The van der Waals surface area contributed by atoms with Gasteiger partial charge in [0.2, 0.25) is 0 Å². The predicted octanol–water partition coefficient (Wildman–Crippen LogP) is 2.52. The number of nitrogens with one attached hydrogen (secondary N) is 1. The topological polar surface area (TPSA) is 45.2 Å². The maximum atomic E-state index is 11.9. The molecule has 1 fully saturated rings. The van der Waals surface area contributed by atoms with Crippen LogP contribution in [0.1, 0.15) is 25.8 Å². The van der Waals surface area contributed by atoms with E-state index in [-0.39, 0.29) is 6.03 Å². The molecule has 2 heterocycles. The molecule has 4 nitrogen and oxygen atoms in total. The van der Waals surface area contributed by atoms with E-state index in [2.05, 4.69) is 24.1 Å². The summed E-state index contributed by atoms with van der Waals surface area (Å²) in [4.78, 5) is 17.9. The monoisotopic (exact) mass is 233 g/mol. The van der Waals surface area contributed by atoms with E-state index in [1.807, 2.05) is 17.0 Å². The van der Waals surface area contributed by atoms with Crippen molar-refractivity contribution in [3.63, 3.8) is 0 Å². The molecule has 0 saturated carbocycles. The number of amides is 2. The van der Waals surface area contributed by atoms with Gasteiger partial charge in [0.25, 0.3) is 0 Å². The van der Waals surface area contributed by atoms with Gasteiger partial charge in [-0.15, -0.1) is 0 Å². The van der Waals surface area contributed by atoms with Crippen LogP contribution in [0.4, 0.5) is 10.6 Å². The van der Waals surface area contributed by atoms with Crippen molar-refractivity contribution in [2.75, 3.05) is 18.4 Å². The van der Waals surface area contributed by atoms with E-state index in [0.29, 0.717) is 11.7 Å². The van der Waals surface area contributed by atoms with Gasteiger partial charge in [0.15, 0.2) is 0 Å². The highest BCUT2D eigenvalue weighted by Crippen LogP contribution is 2.16. The number of nitrogens with zero attached hydrogens (tertiary/aromatic N) is 2. The standard InChI is InChI=1S/C13H19N3O/c1-3-11-4-6-14-12(8-11)15-13(17)16-7-5-10(2)9-16/h4,6,8,10H,3,5,7,9H2,1-2H3,(H,14,15,17). The van der Waals surface area contributed by atoms with E-state index in [9.17, 15) is 4.79 Å². The Hall–Kier alpha value is -1.58. The summed E-state index contributed by atoms with van der Waals surface area (Å²) in [6.45, 7) is 5.95. The average molecular weight is 233 g/mol. The van der Waals surface area contributed by atoms with E-state index in [4.69, 9.17) is 0 Å². The fourth-order valence-corrected chi connectivity index (χ4v) is 2.07. The number of hydrogen-bond donors (Lipinski definition) is 1. The average Bonchev–Trinajstić information content (AvgIpc) is 2.76. The third-order valence-electron chi connectivity index (χ3n) is 3.18. The van der Waals surface area contributed by atoms with Gasteiger partial charge in [-0.1, -0.05) is 13.8 Å². The van der Waals surface area contributed by atoms with Crippen molar-refractivity contribution in [1.82, 2.24) is 9.88 Å². The predicted molar refractivity (Wildman–Crippen MR) is 68.0 cm³/mol. The van der Waals surface area contributed by atoms with Crippen LogP contribution in [0.2, 0.25) is 0 Å². The second kappa shape index (κ2) is 5.17. The quantitative estimate of drug-likeness (QED) is 0.853. The van der Waals surface area contributed by atoms with Gasteiger partial charge in [0.05, 0.1) is 0 Å². The van der Waals surface area contributed by atoms with Crippen LogP contribution in [-0.2, 0) is 6.42 Å². The number of urea groups is 1. The molecule has 1 unspecified atom stereocenters. The second-order valence-corrected chi connectivity index (χ2v) is 4.67. The van der Waals surface area contributed by atoms with Crippen LogP contribution in [0.5, 0.6) is 0 Å². The fourth-order valence-electron chi connectivity index (χ4n) is 2.07. The van der Waals surface area contributed by atoms with Crippen molar-refractivity contribution in [2.24, 2.45) is 5.92 Å². The number of hydrogen-bond acceptors (Lipinski definition) is 2. The van der Waals surface area contributed by atoms with E-state index < -0.39 is 0 Å². The van der Waals surface area contributed by atoms with Gasteiger partial charge in [-0.05, 0) is 36.5 Å². The molecule has 92 valence electrons. The first-order valence-electron chi connectivity index (χ1n) is 6.20. The molecule has 1 atom stereocenters. The Morgan fingerprint density at radius 1 is 1.65 bits per heavy atom. The first-order chi connectivity index (χ1) is 8.19. The molecule has 1 aromatic rings. The Kier molecular flexibility index (Phi) is 3.61. The number of rotatable bonds is 2. The molecule has 0 aromatic carbocycles. The van der Waals surface area contributed by atoms with Crippen LogP contribution >= 0.6 is 0 Å². The highest BCUT2D eigenvalue weighted by molar-refractivity contribution is 5.88. The van der Waals surface area contributed by atoms with Crippen molar-refractivity contribution < 1.29 is 4.79 Å². The minimum absolute atomic E-state index is 0.0323. The number of likely N-dealkylation sites (tertiary alicyclic amines) is 1. The lowest BCUT2D eigenvalue weighted by atomic mass is 10.2. The van der Waals surface area contributed by atoms with Crippen LogP contribution in [0.15, 0.2) is 18.3 Å². The number of aromatic nitrogens is 1. The third kappa shape index (κ3) is 2.96. The Balaban J connectivity index is 1.98. The molecule has 4 heteroatoms. The molecule has 2 amide bonds. The Labute approximate surface area is 102 Å². The van der Waals surface area contributed by atoms with Crippen LogP contribution in [-0.4, -0.2) is 29.0 Å². The normalized spacial score (nSPS) is 19.4. The summed E-state index contributed by atoms with van der Waals surface area (Å²) < 4.78 is 0. The minimum Gasteiger partial charge on any atom is -0.324 e. The van der Waals surface area contributed by atoms with Crippen molar-refractivity contribution >= 4 is 11.8 Å². The van der Waals surface area contributed by atoms with Gasteiger partial charge in [-0.25, -0.2) is 9.78 Å².